The van der Waals surface area contributed by atoms with E-state index >= 15 is 0 Å². The minimum atomic E-state index is -1.95. The number of alkyl halides is 1. The molecular formula is C10H11ClFNO3. The van der Waals surface area contributed by atoms with E-state index in [4.69, 9.17) is 16.7 Å². The third-order valence-electron chi connectivity index (χ3n) is 2.27. The molecule has 0 fully saturated rings. The van der Waals surface area contributed by atoms with E-state index in [9.17, 15) is 14.5 Å². The Balaban J connectivity index is 3.02. The van der Waals surface area contributed by atoms with Gasteiger partial charge >= 0.3 is 0 Å². The first kappa shape index (κ1) is 12.9. The van der Waals surface area contributed by atoms with Crippen LogP contribution in [-0.2, 0) is 0 Å². The summed E-state index contributed by atoms with van der Waals surface area (Å²) in [5, 5.41) is 19.5. The normalized spacial score (nSPS) is 14.5. The van der Waals surface area contributed by atoms with E-state index in [0.717, 1.165) is 0 Å². The molecule has 0 bridgehead atoms. The smallest absolute Gasteiger partial charge is 0.269 e. The molecule has 1 aromatic carbocycles. The molecule has 2 unspecified atom stereocenters. The fraction of sp³-hybridized carbons (Fsp3) is 0.400. The van der Waals surface area contributed by atoms with Gasteiger partial charge in [0.2, 0.25) is 0 Å². The summed E-state index contributed by atoms with van der Waals surface area (Å²) in [7, 11) is 0. The highest BCUT2D eigenvalue weighted by Gasteiger charge is 2.17. The Hall–Kier alpha value is -1.20. The molecule has 2 atom stereocenters. The lowest BCUT2D eigenvalue weighted by Crippen LogP contribution is -2.05. The van der Waals surface area contributed by atoms with Crippen molar-refractivity contribution in [2.24, 2.45) is 0 Å². The molecule has 0 radical (unpaired) electrons. The van der Waals surface area contributed by atoms with Gasteiger partial charge in [0.05, 0.1) is 4.92 Å². The van der Waals surface area contributed by atoms with Crippen LogP contribution >= 0.6 is 11.6 Å². The summed E-state index contributed by atoms with van der Waals surface area (Å²) in [6.45, 7) is 1.65. The van der Waals surface area contributed by atoms with Crippen LogP contribution in [0.4, 0.5) is 10.1 Å². The highest BCUT2D eigenvalue weighted by atomic mass is 35.5. The third kappa shape index (κ3) is 3.15. The Labute approximate surface area is 96.8 Å². The van der Waals surface area contributed by atoms with Gasteiger partial charge in [-0.3, -0.25) is 10.1 Å². The fourth-order valence-electron chi connectivity index (χ4n) is 1.44. The van der Waals surface area contributed by atoms with Crippen LogP contribution in [0.3, 0.4) is 0 Å². The average molecular weight is 248 g/mol. The first-order chi connectivity index (χ1) is 7.41. The monoisotopic (exact) mass is 247 g/mol. The molecule has 0 aliphatic carbocycles. The van der Waals surface area contributed by atoms with Crippen molar-refractivity contribution in [2.75, 3.05) is 0 Å². The van der Waals surface area contributed by atoms with Crippen molar-refractivity contribution in [3.8, 4) is 0 Å². The first-order valence-electron chi connectivity index (χ1n) is 4.67. The number of nitrogens with zero attached hydrogens (tertiary/aromatic N) is 1. The lowest BCUT2D eigenvalue weighted by molar-refractivity contribution is -0.384. The lowest BCUT2D eigenvalue weighted by atomic mass is 9.97. The molecule has 88 valence electrons. The molecule has 0 saturated heterocycles. The number of hydrogen-bond acceptors (Lipinski definition) is 3. The van der Waals surface area contributed by atoms with Crippen molar-refractivity contribution in [2.45, 2.75) is 25.6 Å². The molecule has 1 aromatic rings. The van der Waals surface area contributed by atoms with Gasteiger partial charge in [-0.15, -0.1) is 0 Å². The van der Waals surface area contributed by atoms with Crippen LogP contribution in [0.25, 0.3) is 0 Å². The minimum Gasteiger partial charge on any atom is -0.364 e. The van der Waals surface area contributed by atoms with E-state index in [2.05, 4.69) is 0 Å². The van der Waals surface area contributed by atoms with Gasteiger partial charge in [-0.05, 0) is 17.5 Å². The Morgan fingerprint density at radius 1 is 1.62 bits per heavy atom. The van der Waals surface area contributed by atoms with Crippen LogP contribution in [0.5, 0.6) is 0 Å². The van der Waals surface area contributed by atoms with Gasteiger partial charge in [-0.1, -0.05) is 18.5 Å². The summed E-state index contributed by atoms with van der Waals surface area (Å²) in [6.07, 6.45) is -2.09. The molecule has 1 rings (SSSR count). The quantitative estimate of drug-likeness (QED) is 0.657. The summed E-state index contributed by atoms with van der Waals surface area (Å²) < 4.78 is 12.4. The predicted molar refractivity (Wildman–Crippen MR) is 58.3 cm³/mol. The molecule has 0 aliphatic rings. The van der Waals surface area contributed by atoms with Gasteiger partial charge in [-0.25, -0.2) is 4.39 Å². The average Bonchev–Trinajstić information content (AvgIpc) is 2.16. The SMILES string of the molecule is CC(CC(O)F)c1cc([N+](=O)[O-])ccc1Cl. The van der Waals surface area contributed by atoms with E-state index in [0.29, 0.717) is 10.6 Å². The van der Waals surface area contributed by atoms with Crippen LogP contribution in [0.15, 0.2) is 18.2 Å². The zero-order valence-corrected chi connectivity index (χ0v) is 9.32. The Bertz CT molecular complexity index is 398. The zero-order valence-electron chi connectivity index (χ0n) is 8.56. The summed E-state index contributed by atoms with van der Waals surface area (Å²) in [5.41, 5.74) is 0.368. The maximum Gasteiger partial charge on any atom is 0.269 e. The fourth-order valence-corrected chi connectivity index (χ4v) is 1.74. The van der Waals surface area contributed by atoms with Crippen molar-refractivity contribution >= 4 is 17.3 Å². The molecule has 0 spiro atoms. The predicted octanol–water partition coefficient (Wildman–Crippen LogP) is 3.03. The van der Waals surface area contributed by atoms with Crippen molar-refractivity contribution in [3.63, 3.8) is 0 Å². The number of aliphatic hydroxyl groups is 1. The standard InChI is InChI=1S/C10H11ClFNO3/c1-6(4-10(12)14)8-5-7(13(15)16)2-3-9(8)11/h2-3,5-6,10,14H,4H2,1H3. The second-order valence-electron chi connectivity index (χ2n) is 3.53. The van der Waals surface area contributed by atoms with Gasteiger partial charge in [0.1, 0.15) is 0 Å². The Morgan fingerprint density at radius 2 is 2.25 bits per heavy atom. The Kier molecular flexibility index (Phi) is 4.20. The van der Waals surface area contributed by atoms with Gasteiger partial charge in [-0.2, -0.15) is 0 Å². The molecule has 0 amide bonds. The summed E-state index contributed by atoms with van der Waals surface area (Å²) in [4.78, 5) is 10.0. The zero-order chi connectivity index (χ0) is 12.3. The largest absolute Gasteiger partial charge is 0.364 e. The molecule has 16 heavy (non-hydrogen) atoms. The van der Waals surface area contributed by atoms with E-state index in [1.807, 2.05) is 0 Å². The molecule has 0 aliphatic heterocycles. The van der Waals surface area contributed by atoms with Gasteiger partial charge < -0.3 is 5.11 Å². The van der Waals surface area contributed by atoms with E-state index in [1.54, 1.807) is 6.92 Å². The molecule has 6 heteroatoms. The highest BCUT2D eigenvalue weighted by molar-refractivity contribution is 6.31. The first-order valence-corrected chi connectivity index (χ1v) is 5.05. The number of benzene rings is 1. The number of halogens is 2. The van der Waals surface area contributed by atoms with Gasteiger partial charge in [0, 0.05) is 23.6 Å². The number of non-ortho nitro benzene ring substituents is 1. The van der Waals surface area contributed by atoms with E-state index in [1.165, 1.54) is 18.2 Å². The topological polar surface area (TPSA) is 63.4 Å². The second-order valence-corrected chi connectivity index (χ2v) is 3.94. The van der Waals surface area contributed by atoms with E-state index < -0.39 is 11.3 Å². The van der Waals surface area contributed by atoms with Crippen LogP contribution in [-0.4, -0.2) is 16.4 Å². The summed E-state index contributed by atoms with van der Waals surface area (Å²) >= 11 is 5.85. The van der Waals surface area contributed by atoms with Crippen molar-refractivity contribution in [1.82, 2.24) is 0 Å². The number of aliphatic hydroxyl groups excluding tert-OH is 1. The number of nitro benzene ring substituents is 1. The van der Waals surface area contributed by atoms with Gasteiger partial charge in [0.25, 0.3) is 5.69 Å². The lowest BCUT2D eigenvalue weighted by Gasteiger charge is -2.13. The van der Waals surface area contributed by atoms with Gasteiger partial charge in [0.15, 0.2) is 6.36 Å². The van der Waals surface area contributed by atoms with Crippen molar-refractivity contribution in [1.29, 1.82) is 0 Å². The van der Waals surface area contributed by atoms with Crippen LogP contribution in [0, 0.1) is 10.1 Å². The molecule has 1 N–H and O–H groups in total. The van der Waals surface area contributed by atoms with Crippen LogP contribution in [0.1, 0.15) is 24.8 Å². The number of rotatable bonds is 4. The molecule has 0 heterocycles. The highest BCUT2D eigenvalue weighted by Crippen LogP contribution is 2.31. The van der Waals surface area contributed by atoms with Crippen LogP contribution < -0.4 is 0 Å². The molecule has 0 saturated carbocycles. The number of nitro groups is 1. The third-order valence-corrected chi connectivity index (χ3v) is 2.61. The maximum atomic E-state index is 12.4. The Morgan fingerprint density at radius 3 is 2.75 bits per heavy atom. The van der Waals surface area contributed by atoms with Crippen LogP contribution in [0.2, 0.25) is 5.02 Å². The molecule has 4 nitrogen and oxygen atoms in total. The summed E-state index contributed by atoms with van der Waals surface area (Å²) in [5.74, 6) is -0.382. The molecular weight excluding hydrogens is 237 g/mol. The van der Waals surface area contributed by atoms with E-state index in [-0.39, 0.29) is 18.0 Å². The van der Waals surface area contributed by atoms with Crippen molar-refractivity contribution in [3.05, 3.63) is 38.9 Å². The number of hydrogen-bond donors (Lipinski definition) is 1. The summed E-state index contributed by atoms with van der Waals surface area (Å²) in [6, 6.07) is 3.98. The second kappa shape index (κ2) is 5.23. The van der Waals surface area contributed by atoms with Crippen molar-refractivity contribution < 1.29 is 14.4 Å². The maximum absolute atomic E-state index is 12.4. The molecule has 0 aromatic heterocycles. The minimum absolute atomic E-state index is 0.0976.